The molecule has 0 unspecified atom stereocenters. The maximum absolute atomic E-state index is 13.3. The third kappa shape index (κ3) is 7.40. The molecule has 4 amide bonds. The van der Waals surface area contributed by atoms with Crippen molar-refractivity contribution in [3.05, 3.63) is 64.4 Å². The number of aromatic nitrogens is 2. The monoisotopic (exact) mass is 732 g/mol. The van der Waals surface area contributed by atoms with E-state index < -0.39 is 81.3 Å². The van der Waals surface area contributed by atoms with Crippen molar-refractivity contribution in [3.8, 4) is 11.5 Å². The molecule has 2 atom stereocenters. The fraction of sp³-hybridized carbons (Fsp3) is 0.286. The third-order valence-corrected chi connectivity index (χ3v) is 9.40. The minimum Gasteiger partial charge on any atom is -0.504 e. The number of oxime groups is 1. The number of amides is 4. The van der Waals surface area contributed by atoms with Crippen molar-refractivity contribution in [1.29, 1.82) is 0 Å². The van der Waals surface area contributed by atoms with Gasteiger partial charge in [0.05, 0.1) is 12.2 Å². The number of aliphatic carboxylic acids is 1. The van der Waals surface area contributed by atoms with Crippen LogP contribution in [0.25, 0.3) is 0 Å². The van der Waals surface area contributed by atoms with Crippen LogP contribution < -0.4 is 21.7 Å². The number of β-lactam (4-membered cyclic amide) rings is 1. The Balaban J connectivity index is 1.24. The van der Waals surface area contributed by atoms with Crippen molar-refractivity contribution in [1.82, 2.24) is 30.2 Å². The van der Waals surface area contributed by atoms with Gasteiger partial charge in [0.1, 0.15) is 17.4 Å². The van der Waals surface area contributed by atoms with Crippen LogP contribution in [0.5, 0.6) is 11.5 Å². The minimum absolute atomic E-state index is 0.0000514. The molecule has 1 aromatic carbocycles. The number of carboxylic acids is 1. The summed E-state index contributed by atoms with van der Waals surface area (Å²) >= 11 is 0.929. The highest BCUT2D eigenvalue weighted by Crippen LogP contribution is 2.36. The largest absolute Gasteiger partial charge is 0.504 e. The molecule has 3 aromatic rings. The van der Waals surface area contributed by atoms with Gasteiger partial charge in [0.2, 0.25) is 5.60 Å². The Labute approximate surface area is 285 Å². The molecule has 2 fully saturated rings. The lowest BCUT2D eigenvalue weighted by atomic mass is 9.80. The van der Waals surface area contributed by atoms with Gasteiger partial charge in [-0.05, 0) is 24.1 Å². The Hall–Kier alpha value is -5.87. The summed E-state index contributed by atoms with van der Waals surface area (Å²) in [6.07, 6.45) is 1.70. The SMILES string of the molecule is Nc1nc(C(=NOC2(C(=O)O)CCC2)C(=O)N[C@@H]2C(=O)N(S(=O)(=O)O)[C@@H]2CNC(=O)c2ccc(CNC(=O)c3cc(O)c(O)cn3)cc2)cs1. The van der Waals surface area contributed by atoms with E-state index in [1.54, 1.807) is 0 Å². The number of hydrogen-bond donors (Lipinski definition) is 8. The molecule has 1 saturated carbocycles. The summed E-state index contributed by atoms with van der Waals surface area (Å²) in [5.74, 6) is -6.03. The maximum atomic E-state index is 13.3. The fourth-order valence-corrected chi connectivity index (χ4v) is 6.28. The Kier molecular flexibility index (Phi) is 9.87. The predicted octanol–water partition coefficient (Wildman–Crippen LogP) is -0.882. The molecule has 22 heteroatoms. The van der Waals surface area contributed by atoms with E-state index in [2.05, 4.69) is 31.1 Å². The summed E-state index contributed by atoms with van der Waals surface area (Å²) in [6, 6.07) is 3.68. The lowest BCUT2D eigenvalue weighted by molar-refractivity contribution is -0.178. The molecule has 1 saturated heterocycles. The van der Waals surface area contributed by atoms with Crippen LogP contribution in [-0.4, -0.2) is 102 Å². The second-order valence-corrected chi connectivity index (χ2v) is 13.2. The van der Waals surface area contributed by atoms with Crippen LogP contribution in [0.1, 0.15) is 51.4 Å². The number of hydrogen-bond acceptors (Lipinski definition) is 15. The van der Waals surface area contributed by atoms with Crippen molar-refractivity contribution >= 4 is 62.1 Å². The van der Waals surface area contributed by atoms with Gasteiger partial charge in [0.15, 0.2) is 22.3 Å². The number of nitrogens with two attached hydrogens (primary N) is 1. The second kappa shape index (κ2) is 13.9. The van der Waals surface area contributed by atoms with Crippen LogP contribution in [0.2, 0.25) is 0 Å². The first-order chi connectivity index (χ1) is 23.6. The highest BCUT2D eigenvalue weighted by atomic mass is 32.2. The first-order valence-electron chi connectivity index (χ1n) is 14.5. The number of aromatic hydroxyl groups is 2. The van der Waals surface area contributed by atoms with E-state index in [4.69, 9.17) is 10.6 Å². The zero-order chi connectivity index (χ0) is 36.4. The number of anilines is 1. The summed E-state index contributed by atoms with van der Waals surface area (Å²) in [4.78, 5) is 75.9. The normalized spacial score (nSPS) is 18.3. The Bertz CT molecular complexity index is 2000. The molecule has 20 nitrogen and oxygen atoms in total. The number of benzene rings is 1. The van der Waals surface area contributed by atoms with E-state index in [1.165, 1.54) is 29.6 Å². The summed E-state index contributed by atoms with van der Waals surface area (Å²) < 4.78 is 33.7. The molecule has 1 aliphatic heterocycles. The lowest BCUT2D eigenvalue weighted by Gasteiger charge is -2.44. The van der Waals surface area contributed by atoms with Crippen molar-refractivity contribution in [2.75, 3.05) is 12.3 Å². The molecule has 264 valence electrons. The van der Waals surface area contributed by atoms with E-state index in [9.17, 15) is 52.3 Å². The lowest BCUT2D eigenvalue weighted by Crippen LogP contribution is -2.74. The van der Waals surface area contributed by atoms with Gasteiger partial charge >= 0.3 is 16.3 Å². The predicted molar refractivity (Wildman–Crippen MR) is 170 cm³/mol. The topological polar surface area (TPSA) is 313 Å². The molecule has 9 N–H and O–H groups in total. The second-order valence-electron chi connectivity index (χ2n) is 11.0. The standard InChI is InChI=1S/C28H28N8O12S2/c29-27-33-16(12-49-27)20(35-48-28(26(43)44)6-1-7-28)24(41)34-21-17(36(25(21)42)50(45,46)47)10-32-22(39)14-4-2-13(3-5-14)9-31-23(40)15-8-18(37)19(38)11-30-15/h2-5,8,11-12,17,21,38H,1,6-7,9-10H2,(H2,29,33)(H,30,37)(H,31,40)(H,32,39)(H,34,41)(H,43,44)(H,45,46,47)/t17-,21+/m1/s1. The van der Waals surface area contributed by atoms with E-state index in [0.29, 0.717) is 12.0 Å². The van der Waals surface area contributed by atoms with Crippen LogP contribution in [0.3, 0.4) is 0 Å². The number of carbonyl (C=O) groups excluding carboxylic acids is 4. The van der Waals surface area contributed by atoms with Gasteiger partial charge in [0, 0.05) is 42.9 Å². The van der Waals surface area contributed by atoms with Crippen LogP contribution in [-0.2, 0) is 36.1 Å². The van der Waals surface area contributed by atoms with E-state index in [1.807, 2.05) is 0 Å². The summed E-state index contributed by atoms with van der Waals surface area (Å²) in [5.41, 5.74) is 3.82. The summed E-state index contributed by atoms with van der Waals surface area (Å²) in [6.45, 7) is -0.561. The molecule has 0 spiro atoms. The number of nitrogens with zero attached hydrogens (tertiary/aromatic N) is 4. The fourth-order valence-electron chi connectivity index (χ4n) is 4.86. The molecule has 2 aliphatic rings. The number of pyridine rings is 1. The number of thiazole rings is 1. The van der Waals surface area contributed by atoms with Gasteiger partial charge < -0.3 is 41.8 Å². The van der Waals surface area contributed by atoms with Gasteiger partial charge in [0.25, 0.3) is 23.6 Å². The third-order valence-electron chi connectivity index (χ3n) is 7.78. The Morgan fingerprint density at radius 3 is 2.34 bits per heavy atom. The molecule has 0 bridgehead atoms. The van der Waals surface area contributed by atoms with Crippen LogP contribution in [0.15, 0.2) is 47.1 Å². The van der Waals surface area contributed by atoms with Gasteiger partial charge in [-0.1, -0.05) is 17.3 Å². The van der Waals surface area contributed by atoms with Gasteiger partial charge in [-0.3, -0.25) is 23.7 Å². The summed E-state index contributed by atoms with van der Waals surface area (Å²) in [5, 5.41) is 40.8. The van der Waals surface area contributed by atoms with Crippen LogP contribution >= 0.6 is 11.3 Å². The summed E-state index contributed by atoms with van der Waals surface area (Å²) in [7, 11) is -5.12. The number of nitrogen functional groups attached to an aromatic ring is 1. The highest BCUT2D eigenvalue weighted by Gasteiger charge is 2.54. The number of rotatable bonds is 13. The van der Waals surface area contributed by atoms with E-state index >= 15 is 0 Å². The molecule has 3 heterocycles. The zero-order valence-electron chi connectivity index (χ0n) is 25.5. The van der Waals surface area contributed by atoms with Crippen LogP contribution in [0.4, 0.5) is 5.13 Å². The average molecular weight is 733 g/mol. The van der Waals surface area contributed by atoms with Gasteiger partial charge in [-0.25, -0.2) is 19.1 Å². The Morgan fingerprint density at radius 2 is 1.78 bits per heavy atom. The maximum Gasteiger partial charge on any atom is 0.362 e. The van der Waals surface area contributed by atoms with Gasteiger partial charge in [-0.2, -0.15) is 8.42 Å². The smallest absolute Gasteiger partial charge is 0.362 e. The Morgan fingerprint density at radius 1 is 1.08 bits per heavy atom. The molecule has 1 aliphatic carbocycles. The molecular formula is C28H28N8O12S2. The highest BCUT2D eigenvalue weighted by molar-refractivity contribution is 7.84. The number of carboxylic acid groups (broad SMARTS) is 1. The molecule has 5 rings (SSSR count). The van der Waals surface area contributed by atoms with Crippen molar-refractivity contribution in [2.24, 2.45) is 5.16 Å². The van der Waals surface area contributed by atoms with Crippen molar-refractivity contribution in [2.45, 2.75) is 43.5 Å². The number of carbonyl (C=O) groups is 5. The van der Waals surface area contributed by atoms with Gasteiger partial charge in [-0.15, -0.1) is 11.3 Å². The number of nitrogens with one attached hydrogen (secondary N) is 3. The van der Waals surface area contributed by atoms with E-state index in [-0.39, 0.29) is 45.8 Å². The molecule has 2 aromatic heterocycles. The molecule has 0 radical (unpaired) electrons. The quantitative estimate of drug-likeness (QED) is 0.0458. The average Bonchev–Trinajstić information content (AvgIpc) is 3.47. The first-order valence-corrected chi connectivity index (χ1v) is 16.7. The first kappa shape index (κ1) is 35.4. The van der Waals surface area contributed by atoms with Crippen LogP contribution in [0, 0.1) is 0 Å². The van der Waals surface area contributed by atoms with Crippen molar-refractivity contribution in [3.63, 3.8) is 0 Å². The molecule has 50 heavy (non-hydrogen) atoms. The molecular weight excluding hydrogens is 704 g/mol. The van der Waals surface area contributed by atoms with E-state index in [0.717, 1.165) is 23.6 Å². The minimum atomic E-state index is -5.12. The zero-order valence-corrected chi connectivity index (χ0v) is 27.1. The van der Waals surface area contributed by atoms with Crippen molar-refractivity contribution < 1.29 is 57.1 Å².